The monoisotopic (exact) mass is 237 g/mol. The minimum Gasteiger partial charge on any atom is -0.502 e. The summed E-state index contributed by atoms with van der Waals surface area (Å²) in [4.78, 5) is 0. The molecule has 0 amide bonds. The fourth-order valence-electron chi connectivity index (χ4n) is 3.60. The van der Waals surface area contributed by atoms with E-state index < -0.39 is 0 Å². The van der Waals surface area contributed by atoms with Crippen LogP contribution in [0.5, 0.6) is 0 Å². The molecule has 1 spiro atoms. The van der Waals surface area contributed by atoms with Gasteiger partial charge in [0.25, 0.3) is 0 Å². The summed E-state index contributed by atoms with van der Waals surface area (Å²) in [5.41, 5.74) is 0.768. The zero-order valence-corrected chi connectivity index (χ0v) is 11.0. The molecule has 0 aliphatic heterocycles. The molecule has 2 rings (SSSR count). The topological polar surface area (TPSA) is 21.3 Å². The van der Waals surface area contributed by atoms with E-state index in [1.54, 1.807) is 0 Å². The van der Waals surface area contributed by atoms with Gasteiger partial charge in [-0.1, -0.05) is 19.4 Å². The predicted molar refractivity (Wildman–Crippen MR) is 71.9 cm³/mol. The number of rotatable bonds is 6. The van der Waals surface area contributed by atoms with Crippen molar-refractivity contribution in [3.05, 3.63) is 12.8 Å². The van der Waals surface area contributed by atoms with E-state index in [1.807, 2.05) is 0 Å². The van der Waals surface area contributed by atoms with Crippen LogP contribution in [0.25, 0.3) is 0 Å². The van der Waals surface area contributed by atoms with Crippen LogP contribution in [-0.4, -0.2) is 19.2 Å². The largest absolute Gasteiger partial charge is 0.502 e. The van der Waals surface area contributed by atoms with Crippen LogP contribution in [0.3, 0.4) is 0 Å². The molecule has 0 aromatic rings. The molecular weight excluding hydrogens is 210 g/mol. The predicted octanol–water partition coefficient (Wildman–Crippen LogP) is 3.63. The summed E-state index contributed by atoms with van der Waals surface area (Å²) in [6, 6.07) is 0.768. The maximum Gasteiger partial charge on any atom is 0.0885 e. The van der Waals surface area contributed by atoms with Crippen molar-refractivity contribution in [1.82, 2.24) is 5.32 Å². The van der Waals surface area contributed by atoms with Gasteiger partial charge in [0.1, 0.15) is 0 Å². The van der Waals surface area contributed by atoms with E-state index in [9.17, 15) is 0 Å². The number of ether oxygens (including phenoxy) is 1. The van der Waals surface area contributed by atoms with Crippen molar-refractivity contribution < 1.29 is 4.74 Å². The second-order valence-corrected chi connectivity index (χ2v) is 5.83. The third kappa shape index (κ3) is 3.74. The lowest BCUT2D eigenvalue weighted by atomic mass is 9.71. The third-order valence-corrected chi connectivity index (χ3v) is 4.70. The van der Waals surface area contributed by atoms with Gasteiger partial charge in [0.2, 0.25) is 0 Å². The van der Waals surface area contributed by atoms with E-state index in [0.29, 0.717) is 0 Å². The molecule has 2 aliphatic rings. The van der Waals surface area contributed by atoms with Crippen LogP contribution >= 0.6 is 0 Å². The van der Waals surface area contributed by atoms with E-state index in [0.717, 1.165) is 31.0 Å². The molecule has 0 unspecified atom stereocenters. The molecule has 0 bridgehead atoms. The summed E-state index contributed by atoms with van der Waals surface area (Å²) in [7, 11) is 0. The molecule has 0 atom stereocenters. The minimum atomic E-state index is 0.768. The van der Waals surface area contributed by atoms with Gasteiger partial charge < -0.3 is 10.1 Å². The highest BCUT2D eigenvalue weighted by molar-refractivity contribution is 4.91. The molecule has 2 heteroatoms. The van der Waals surface area contributed by atoms with Crippen molar-refractivity contribution in [2.45, 2.75) is 63.8 Å². The molecule has 0 saturated heterocycles. The van der Waals surface area contributed by atoms with Gasteiger partial charge in [-0.25, -0.2) is 0 Å². The van der Waals surface area contributed by atoms with Crippen LogP contribution in [0.1, 0.15) is 57.8 Å². The Morgan fingerprint density at radius 2 is 1.88 bits per heavy atom. The second-order valence-electron chi connectivity index (χ2n) is 5.83. The van der Waals surface area contributed by atoms with Crippen molar-refractivity contribution >= 4 is 0 Å². The Hall–Kier alpha value is -0.500. The lowest BCUT2D eigenvalue weighted by Crippen LogP contribution is -2.37. The molecule has 2 saturated carbocycles. The first-order valence-electron chi connectivity index (χ1n) is 7.31. The summed E-state index contributed by atoms with van der Waals surface area (Å²) < 4.78 is 5.12. The lowest BCUT2D eigenvalue weighted by molar-refractivity contribution is 0.166. The van der Waals surface area contributed by atoms with Gasteiger partial charge in [-0.15, -0.1) is 0 Å². The van der Waals surface area contributed by atoms with E-state index in [-0.39, 0.29) is 0 Å². The van der Waals surface area contributed by atoms with Gasteiger partial charge >= 0.3 is 0 Å². The first-order valence-corrected chi connectivity index (χ1v) is 7.31. The van der Waals surface area contributed by atoms with E-state index >= 15 is 0 Å². The zero-order valence-electron chi connectivity index (χ0n) is 11.0. The first kappa shape index (κ1) is 12.9. The third-order valence-electron chi connectivity index (χ3n) is 4.70. The quantitative estimate of drug-likeness (QED) is 0.562. The van der Waals surface area contributed by atoms with Gasteiger partial charge in [0, 0.05) is 6.04 Å². The Labute approximate surface area is 106 Å². The van der Waals surface area contributed by atoms with Gasteiger partial charge in [-0.05, 0) is 56.9 Å². The highest BCUT2D eigenvalue weighted by Gasteiger charge is 2.37. The molecule has 2 fully saturated rings. The van der Waals surface area contributed by atoms with Crippen molar-refractivity contribution in [3.63, 3.8) is 0 Å². The number of hydrogen-bond acceptors (Lipinski definition) is 2. The van der Waals surface area contributed by atoms with Crippen LogP contribution in [0.2, 0.25) is 0 Å². The van der Waals surface area contributed by atoms with Crippen molar-refractivity contribution in [3.8, 4) is 0 Å². The molecular formula is C15H27NO. The Kier molecular flexibility index (Phi) is 4.90. The van der Waals surface area contributed by atoms with Gasteiger partial charge in [-0.2, -0.15) is 0 Å². The average Bonchev–Trinajstić information content (AvgIpc) is 2.80. The first-order chi connectivity index (χ1) is 8.35. The summed E-state index contributed by atoms with van der Waals surface area (Å²) in [5, 5.41) is 3.67. The van der Waals surface area contributed by atoms with E-state index in [4.69, 9.17) is 4.74 Å². The fourth-order valence-corrected chi connectivity index (χ4v) is 3.60. The van der Waals surface area contributed by atoms with Crippen LogP contribution in [0.4, 0.5) is 0 Å². The van der Waals surface area contributed by atoms with Crippen molar-refractivity contribution in [2.75, 3.05) is 13.2 Å². The average molecular weight is 237 g/mol. The maximum atomic E-state index is 5.12. The van der Waals surface area contributed by atoms with Crippen LogP contribution < -0.4 is 5.32 Å². The Morgan fingerprint density at radius 1 is 1.18 bits per heavy atom. The normalized spacial score (nSPS) is 24.0. The van der Waals surface area contributed by atoms with Crippen LogP contribution in [0, 0.1) is 5.41 Å². The lowest BCUT2D eigenvalue weighted by Gasteiger charge is -2.37. The molecule has 0 aromatic heterocycles. The summed E-state index contributed by atoms with van der Waals surface area (Å²) in [5.74, 6) is 0. The summed E-state index contributed by atoms with van der Waals surface area (Å²) in [6.45, 7) is 5.43. The van der Waals surface area contributed by atoms with Crippen molar-refractivity contribution in [1.29, 1.82) is 0 Å². The molecule has 0 aromatic carbocycles. The van der Waals surface area contributed by atoms with E-state index in [2.05, 4.69) is 11.9 Å². The smallest absolute Gasteiger partial charge is 0.0885 e. The Bertz CT molecular complexity index is 223. The maximum absolute atomic E-state index is 5.12. The molecule has 2 aliphatic carbocycles. The fraction of sp³-hybridized carbons (Fsp3) is 0.867. The van der Waals surface area contributed by atoms with E-state index in [1.165, 1.54) is 57.6 Å². The summed E-state index contributed by atoms with van der Waals surface area (Å²) >= 11 is 0. The van der Waals surface area contributed by atoms with Gasteiger partial charge in [-0.3, -0.25) is 0 Å². The zero-order chi connectivity index (χ0) is 12.0. The van der Waals surface area contributed by atoms with Gasteiger partial charge in [0.05, 0.1) is 12.9 Å². The molecule has 17 heavy (non-hydrogen) atoms. The highest BCUT2D eigenvalue weighted by Crippen LogP contribution is 2.48. The van der Waals surface area contributed by atoms with Gasteiger partial charge in [0.15, 0.2) is 0 Å². The molecule has 0 radical (unpaired) electrons. The number of hydrogen-bond donors (Lipinski definition) is 1. The molecule has 0 heterocycles. The summed E-state index contributed by atoms with van der Waals surface area (Å²) in [6.07, 6.45) is 14.3. The minimum absolute atomic E-state index is 0.768. The number of nitrogens with one attached hydrogen (secondary N) is 1. The molecule has 98 valence electrons. The highest BCUT2D eigenvalue weighted by atomic mass is 16.5. The standard InChI is InChI=1S/C15H27NO/c1-2-17-13-5-12-16-14-6-10-15(11-7-14)8-3-4-9-15/h2,14,16H,1,3-13H2. The molecule has 2 nitrogen and oxygen atoms in total. The second kappa shape index (κ2) is 6.44. The van der Waals surface area contributed by atoms with Crippen LogP contribution in [-0.2, 0) is 4.74 Å². The van der Waals surface area contributed by atoms with Crippen molar-refractivity contribution in [2.24, 2.45) is 5.41 Å². The van der Waals surface area contributed by atoms with Crippen LogP contribution in [0.15, 0.2) is 12.8 Å². The SMILES string of the molecule is C=COCCCNC1CCC2(CCCC2)CC1. The Morgan fingerprint density at radius 3 is 2.53 bits per heavy atom. The molecule has 1 N–H and O–H groups in total. The Balaban J connectivity index is 1.57.